The highest BCUT2D eigenvalue weighted by Gasteiger charge is 2.28. The second-order valence-electron chi connectivity index (χ2n) is 9.61. The number of benzene rings is 3. The van der Waals surface area contributed by atoms with Crippen LogP contribution in [-0.4, -0.2) is 53.7 Å². The number of hydrogen-bond donors (Lipinski definition) is 0. The van der Waals surface area contributed by atoms with Crippen LogP contribution < -0.4 is 0 Å². The molecule has 2 heterocycles. The number of halogens is 2. The first-order chi connectivity index (χ1) is 18.4. The van der Waals surface area contributed by atoms with Gasteiger partial charge in [-0.05, 0) is 60.0 Å². The van der Waals surface area contributed by atoms with Gasteiger partial charge in [-0.15, -0.1) is 4.09 Å². The molecule has 0 radical (unpaired) electrons. The summed E-state index contributed by atoms with van der Waals surface area (Å²) in [5.74, 6) is -1.85. The molecule has 0 unspecified atom stereocenters. The lowest BCUT2D eigenvalue weighted by molar-refractivity contribution is 0.0601. The van der Waals surface area contributed by atoms with Crippen LogP contribution in [0.25, 0.3) is 38.6 Å². The number of esters is 1. The first kappa shape index (κ1) is 26.5. The van der Waals surface area contributed by atoms with Crippen molar-refractivity contribution in [3.05, 3.63) is 83.7 Å². The lowest BCUT2D eigenvalue weighted by atomic mass is 9.93. The average molecular weight is 553 g/mol. The number of nitrogens with zero attached hydrogens (tertiary/aromatic N) is 4. The lowest BCUT2D eigenvalue weighted by Crippen LogP contribution is -2.29. The number of rotatable bonds is 6. The van der Waals surface area contributed by atoms with Crippen LogP contribution in [0.1, 0.15) is 35.8 Å². The Morgan fingerprint density at radius 3 is 2.26 bits per heavy atom. The van der Waals surface area contributed by atoms with Crippen LogP contribution in [0.2, 0.25) is 0 Å². The van der Waals surface area contributed by atoms with Gasteiger partial charge in [-0.25, -0.2) is 13.6 Å². The van der Waals surface area contributed by atoms with Crippen LogP contribution in [-0.2, 0) is 14.9 Å². The molecule has 0 atom stereocenters. The number of ether oxygens (including phenoxy) is 1. The molecule has 8 nitrogen and oxygen atoms in total. The Hall–Kier alpha value is -4.09. The van der Waals surface area contributed by atoms with E-state index in [1.807, 2.05) is 18.4 Å². The van der Waals surface area contributed by atoms with Crippen molar-refractivity contribution in [1.82, 2.24) is 18.1 Å². The van der Waals surface area contributed by atoms with Crippen molar-refractivity contribution in [2.24, 2.45) is 0 Å². The third-order valence-electron chi connectivity index (χ3n) is 6.63. The van der Waals surface area contributed by atoms with E-state index in [1.165, 1.54) is 51.7 Å². The van der Waals surface area contributed by atoms with Gasteiger partial charge in [0.05, 0.1) is 29.9 Å². The molecule has 0 amide bonds. The van der Waals surface area contributed by atoms with Crippen molar-refractivity contribution in [3.63, 3.8) is 0 Å². The summed E-state index contributed by atoms with van der Waals surface area (Å²) in [6.07, 6.45) is 1.46. The van der Waals surface area contributed by atoms with Crippen molar-refractivity contribution < 1.29 is 26.7 Å². The zero-order valence-corrected chi connectivity index (χ0v) is 22.8. The molecule has 2 aromatic heterocycles. The summed E-state index contributed by atoms with van der Waals surface area (Å²) in [4.78, 5) is 12.8. The van der Waals surface area contributed by atoms with Gasteiger partial charge in [-0.2, -0.15) is 17.8 Å². The predicted octanol–water partition coefficient (Wildman–Crippen LogP) is 5.49. The zero-order chi connectivity index (χ0) is 28.2. The van der Waals surface area contributed by atoms with Crippen LogP contribution in [0.4, 0.5) is 8.78 Å². The maximum atomic E-state index is 14.3. The Labute approximate surface area is 224 Å². The molecule has 0 bridgehead atoms. The Balaban J connectivity index is 2.00. The largest absolute Gasteiger partial charge is 0.465 e. The van der Waals surface area contributed by atoms with E-state index < -0.39 is 27.8 Å². The number of carbonyl (C=O) groups is 1. The minimum Gasteiger partial charge on any atom is -0.465 e. The summed E-state index contributed by atoms with van der Waals surface area (Å²) in [5, 5.41) is 5.30. The molecular formula is C28H26F2N4O4S. The summed E-state index contributed by atoms with van der Waals surface area (Å²) in [6.45, 7) is 3.94. The highest BCUT2D eigenvalue weighted by atomic mass is 32.2. The minimum absolute atomic E-state index is 0.0204. The van der Waals surface area contributed by atoms with E-state index in [2.05, 4.69) is 5.10 Å². The normalized spacial score (nSPS) is 12.2. The fraction of sp³-hybridized carbons (Fsp3) is 0.214. The van der Waals surface area contributed by atoms with Gasteiger partial charge >= 0.3 is 16.2 Å². The molecule has 0 aliphatic heterocycles. The monoisotopic (exact) mass is 552 g/mol. The molecule has 5 aromatic rings. The Kier molecular flexibility index (Phi) is 6.51. The summed E-state index contributed by atoms with van der Waals surface area (Å²) in [7, 11) is 0.0964. The molecule has 0 aliphatic rings. The van der Waals surface area contributed by atoms with Gasteiger partial charge < -0.3 is 9.30 Å². The van der Waals surface area contributed by atoms with Crippen molar-refractivity contribution in [3.8, 4) is 16.8 Å². The smallest absolute Gasteiger partial charge is 0.338 e. The Morgan fingerprint density at radius 1 is 0.974 bits per heavy atom. The molecule has 202 valence electrons. The summed E-state index contributed by atoms with van der Waals surface area (Å²) in [5.41, 5.74) is 3.45. The fourth-order valence-electron chi connectivity index (χ4n) is 4.85. The first-order valence-corrected chi connectivity index (χ1v) is 13.5. The third kappa shape index (κ3) is 4.27. The number of fused-ring (bicyclic) bond motifs is 2. The highest BCUT2D eigenvalue weighted by molar-refractivity contribution is 7.87. The van der Waals surface area contributed by atoms with Crippen LogP contribution in [0.15, 0.2) is 60.8 Å². The lowest BCUT2D eigenvalue weighted by Gasteiger charge is -2.17. The van der Waals surface area contributed by atoms with Crippen LogP contribution in [0.3, 0.4) is 0 Å². The molecule has 5 rings (SSSR count). The van der Waals surface area contributed by atoms with Crippen molar-refractivity contribution in [1.29, 1.82) is 0 Å². The van der Waals surface area contributed by atoms with Gasteiger partial charge in [0.1, 0.15) is 11.6 Å². The second-order valence-corrected chi connectivity index (χ2v) is 11.6. The van der Waals surface area contributed by atoms with Crippen molar-refractivity contribution >= 4 is 38.0 Å². The topological polar surface area (TPSA) is 86.4 Å². The van der Waals surface area contributed by atoms with E-state index in [0.29, 0.717) is 38.6 Å². The van der Waals surface area contributed by atoms with Crippen molar-refractivity contribution in [2.75, 3.05) is 21.2 Å². The second kappa shape index (κ2) is 9.58. The first-order valence-electron chi connectivity index (χ1n) is 12.1. The van der Waals surface area contributed by atoms with Gasteiger partial charge in [0.25, 0.3) is 0 Å². The molecule has 0 spiro atoms. The third-order valence-corrected chi connectivity index (χ3v) is 8.28. The van der Waals surface area contributed by atoms with Gasteiger partial charge in [0, 0.05) is 41.8 Å². The maximum Gasteiger partial charge on any atom is 0.338 e. The number of carbonyl (C=O) groups excluding carboxylic acids is 1. The summed E-state index contributed by atoms with van der Waals surface area (Å²) in [6, 6.07) is 13.4. The molecule has 39 heavy (non-hydrogen) atoms. The van der Waals surface area contributed by atoms with Crippen LogP contribution in [0.5, 0.6) is 0 Å². The number of methoxy groups -OCH3 is 1. The van der Waals surface area contributed by atoms with Gasteiger partial charge in [-0.1, -0.05) is 19.9 Å². The maximum absolute atomic E-state index is 14.3. The highest BCUT2D eigenvalue weighted by Crippen LogP contribution is 2.43. The van der Waals surface area contributed by atoms with Crippen LogP contribution in [0, 0.1) is 11.6 Å². The van der Waals surface area contributed by atoms with Gasteiger partial charge in [-0.3, -0.25) is 0 Å². The van der Waals surface area contributed by atoms with Crippen LogP contribution >= 0.6 is 0 Å². The quantitative estimate of drug-likeness (QED) is 0.260. The zero-order valence-electron chi connectivity index (χ0n) is 21.9. The SMILES string of the molecule is COC(=O)c1cc(F)ccc1-c1c(C(C)C)n(-c2ccc(F)cc2)c2cc3cnn(S(=O)(=O)N(C)C)c3cc12. The molecule has 3 aromatic carbocycles. The average Bonchev–Trinajstić information content (AvgIpc) is 3.46. The predicted molar refractivity (Wildman–Crippen MR) is 145 cm³/mol. The molecular weight excluding hydrogens is 526 g/mol. The van der Waals surface area contributed by atoms with E-state index >= 15 is 0 Å². The molecule has 0 fully saturated rings. The molecule has 0 aliphatic carbocycles. The van der Waals surface area contributed by atoms with Gasteiger partial charge in [0.15, 0.2) is 0 Å². The molecule has 0 N–H and O–H groups in total. The van der Waals surface area contributed by atoms with E-state index in [4.69, 9.17) is 4.74 Å². The van der Waals surface area contributed by atoms with Gasteiger partial charge in [0.2, 0.25) is 0 Å². The molecule has 11 heteroatoms. The summed E-state index contributed by atoms with van der Waals surface area (Å²) >= 11 is 0. The Morgan fingerprint density at radius 2 is 1.64 bits per heavy atom. The number of aromatic nitrogens is 3. The van der Waals surface area contributed by atoms with E-state index in [-0.39, 0.29) is 11.5 Å². The Bertz CT molecular complexity index is 1860. The molecule has 0 saturated heterocycles. The fourth-order valence-corrected chi connectivity index (χ4v) is 5.74. The summed E-state index contributed by atoms with van der Waals surface area (Å²) < 4.78 is 63.2. The molecule has 0 saturated carbocycles. The van der Waals surface area contributed by atoms with E-state index in [0.717, 1.165) is 20.2 Å². The number of hydrogen-bond acceptors (Lipinski definition) is 5. The van der Waals surface area contributed by atoms with E-state index in [1.54, 1.807) is 24.3 Å². The standard InChI is InChI=1S/C28H26F2N4O4S/c1-16(2)27-26(21-11-8-19(30)13-22(21)28(35)38-5)23-14-24-17(15-31-34(24)39(36,37)32(3)4)12-25(23)33(27)20-9-6-18(29)7-10-20/h6-16H,1-5H3. The minimum atomic E-state index is -3.95. The van der Waals surface area contributed by atoms with Crippen molar-refractivity contribution in [2.45, 2.75) is 19.8 Å². The van der Waals surface area contributed by atoms with E-state index in [9.17, 15) is 22.0 Å².